The third-order valence-corrected chi connectivity index (χ3v) is 5.46. The highest BCUT2D eigenvalue weighted by molar-refractivity contribution is 7.92. The van der Waals surface area contributed by atoms with Gasteiger partial charge >= 0.3 is 6.18 Å². The van der Waals surface area contributed by atoms with E-state index in [1.807, 2.05) is 0 Å². The third kappa shape index (κ3) is 5.36. The fourth-order valence-electron chi connectivity index (χ4n) is 3.41. The summed E-state index contributed by atoms with van der Waals surface area (Å²) in [6, 6.07) is 11.4. The van der Waals surface area contributed by atoms with Gasteiger partial charge < -0.3 is 16.0 Å². The van der Waals surface area contributed by atoms with Crippen LogP contribution in [0.1, 0.15) is 16.7 Å². The number of hydrogen-bond donors (Lipinski definition) is 4. The van der Waals surface area contributed by atoms with E-state index in [-0.39, 0.29) is 30.5 Å². The van der Waals surface area contributed by atoms with Crippen LogP contribution >= 0.6 is 0 Å². The molecule has 13 heteroatoms. The number of aromatic nitrogens is 2. The molecule has 1 aromatic heterocycles. The van der Waals surface area contributed by atoms with Gasteiger partial charge in [0.05, 0.1) is 29.7 Å². The number of nitrogens with one attached hydrogen (secondary N) is 4. The molecule has 1 aliphatic rings. The topological polar surface area (TPSA) is 125 Å². The van der Waals surface area contributed by atoms with Gasteiger partial charge in [-0.3, -0.25) is 9.52 Å². The van der Waals surface area contributed by atoms with Crippen molar-refractivity contribution in [1.82, 2.24) is 9.97 Å². The Kier molecular flexibility index (Phi) is 6.04. The van der Waals surface area contributed by atoms with Crippen LogP contribution in [0.5, 0.6) is 0 Å². The van der Waals surface area contributed by atoms with Crippen molar-refractivity contribution >= 4 is 44.8 Å². The second kappa shape index (κ2) is 8.82. The molecule has 0 spiro atoms. The molecule has 0 atom stereocenters. The van der Waals surface area contributed by atoms with Crippen molar-refractivity contribution in [2.24, 2.45) is 0 Å². The van der Waals surface area contributed by atoms with E-state index in [1.54, 1.807) is 36.4 Å². The maximum atomic E-state index is 13.6. The molecule has 0 unspecified atom stereocenters. The lowest BCUT2D eigenvalue weighted by atomic mass is 10.1. The molecule has 3 aromatic rings. The SMILES string of the molecule is CS(=O)(=O)Nc1ccccc1CNc1nc(Nc2cccc3c2NC(=O)C3)ncc1C(F)(F)F. The summed E-state index contributed by atoms with van der Waals surface area (Å²) in [7, 11) is -3.59. The van der Waals surface area contributed by atoms with Gasteiger partial charge in [-0.25, -0.2) is 13.4 Å². The number of carbonyl (C=O) groups is 1. The van der Waals surface area contributed by atoms with Crippen LogP contribution in [0, 0.1) is 0 Å². The summed E-state index contributed by atoms with van der Waals surface area (Å²) in [6.07, 6.45) is -2.90. The van der Waals surface area contributed by atoms with Crippen LogP contribution in [0.3, 0.4) is 0 Å². The van der Waals surface area contributed by atoms with Crippen molar-refractivity contribution in [3.05, 3.63) is 65.4 Å². The molecule has 4 N–H and O–H groups in total. The summed E-state index contributed by atoms with van der Waals surface area (Å²) in [4.78, 5) is 19.5. The molecule has 1 amide bonds. The first-order valence-corrected chi connectivity index (χ1v) is 11.8. The maximum absolute atomic E-state index is 13.6. The summed E-state index contributed by atoms with van der Waals surface area (Å²) in [6.45, 7) is -0.144. The van der Waals surface area contributed by atoms with Crippen LogP contribution in [0.2, 0.25) is 0 Å². The number of nitrogens with zero attached hydrogens (tertiary/aromatic N) is 2. The van der Waals surface area contributed by atoms with Crippen LogP contribution in [-0.2, 0) is 34.0 Å². The molecule has 9 nitrogen and oxygen atoms in total. The minimum Gasteiger partial charge on any atom is -0.365 e. The number of para-hydroxylation sites is 2. The minimum atomic E-state index is -4.73. The average molecular weight is 492 g/mol. The molecule has 0 radical (unpaired) electrons. The summed E-state index contributed by atoms with van der Waals surface area (Å²) >= 11 is 0. The van der Waals surface area contributed by atoms with E-state index < -0.39 is 27.6 Å². The molecule has 2 heterocycles. The molecular weight excluding hydrogens is 473 g/mol. The predicted octanol–water partition coefficient (Wildman–Crippen LogP) is 3.72. The number of fused-ring (bicyclic) bond motifs is 1. The standard InChI is InChI=1S/C21H19F3N6O3S/c1-34(32,33)30-15-7-3-2-5-13(15)10-25-19-14(21(22,23)24)11-26-20(29-19)27-16-8-4-6-12-9-17(31)28-18(12)16/h2-8,11,30H,9-10H2,1H3,(H,28,31)(H2,25,26,27,29). The Balaban J connectivity index is 1.62. The first-order chi connectivity index (χ1) is 16.0. The molecule has 1 aliphatic heterocycles. The largest absolute Gasteiger partial charge is 0.421 e. The molecule has 0 saturated heterocycles. The Morgan fingerprint density at radius 1 is 1.09 bits per heavy atom. The molecule has 178 valence electrons. The van der Waals surface area contributed by atoms with Crippen molar-refractivity contribution in [3.63, 3.8) is 0 Å². The van der Waals surface area contributed by atoms with Gasteiger partial charge in [0, 0.05) is 12.7 Å². The van der Waals surface area contributed by atoms with Crippen molar-refractivity contribution in [1.29, 1.82) is 0 Å². The van der Waals surface area contributed by atoms with E-state index in [1.165, 1.54) is 6.07 Å². The third-order valence-electron chi connectivity index (χ3n) is 4.87. The molecule has 0 aliphatic carbocycles. The Morgan fingerprint density at radius 2 is 1.82 bits per heavy atom. The lowest BCUT2D eigenvalue weighted by molar-refractivity contribution is -0.137. The van der Waals surface area contributed by atoms with Gasteiger partial charge in [0.15, 0.2) is 0 Å². The number of sulfonamides is 1. The zero-order chi connectivity index (χ0) is 24.5. The van der Waals surface area contributed by atoms with Crippen molar-refractivity contribution in [2.75, 3.05) is 26.9 Å². The van der Waals surface area contributed by atoms with Crippen LogP contribution < -0.4 is 20.7 Å². The van der Waals surface area contributed by atoms with Gasteiger partial charge in [-0.2, -0.15) is 18.2 Å². The summed E-state index contributed by atoms with van der Waals surface area (Å²) in [5.74, 6) is -0.801. The van der Waals surface area contributed by atoms with E-state index >= 15 is 0 Å². The van der Waals surface area contributed by atoms with Crippen LogP contribution in [-0.4, -0.2) is 30.5 Å². The molecule has 2 aromatic carbocycles. The maximum Gasteiger partial charge on any atom is 0.421 e. The van der Waals surface area contributed by atoms with Crippen molar-refractivity contribution in [2.45, 2.75) is 19.1 Å². The van der Waals surface area contributed by atoms with E-state index in [4.69, 9.17) is 0 Å². The van der Waals surface area contributed by atoms with Gasteiger partial charge in [0.1, 0.15) is 11.4 Å². The van der Waals surface area contributed by atoms with Crippen LogP contribution in [0.15, 0.2) is 48.7 Å². The smallest absolute Gasteiger partial charge is 0.365 e. The normalized spacial score (nSPS) is 13.2. The van der Waals surface area contributed by atoms with Gasteiger partial charge in [0.25, 0.3) is 0 Å². The van der Waals surface area contributed by atoms with Crippen molar-refractivity contribution < 1.29 is 26.4 Å². The fraction of sp³-hybridized carbons (Fsp3) is 0.190. The molecule has 0 bridgehead atoms. The zero-order valence-corrected chi connectivity index (χ0v) is 18.5. The number of alkyl halides is 3. The van der Waals surface area contributed by atoms with Gasteiger partial charge in [-0.05, 0) is 23.3 Å². The predicted molar refractivity (Wildman–Crippen MR) is 121 cm³/mol. The number of carbonyl (C=O) groups excluding carboxylic acids is 1. The Morgan fingerprint density at radius 3 is 2.56 bits per heavy atom. The Bertz CT molecular complexity index is 1360. The molecule has 34 heavy (non-hydrogen) atoms. The molecule has 4 rings (SSSR count). The number of benzene rings is 2. The average Bonchev–Trinajstić information content (AvgIpc) is 3.12. The minimum absolute atomic E-state index is 0.118. The quantitative estimate of drug-likeness (QED) is 0.396. The van der Waals surface area contributed by atoms with Crippen LogP contribution in [0.4, 0.5) is 42.0 Å². The molecule has 0 fully saturated rings. The lowest BCUT2D eigenvalue weighted by Crippen LogP contribution is -2.16. The number of anilines is 5. The first kappa shape index (κ1) is 23.3. The number of amides is 1. The summed E-state index contributed by atoms with van der Waals surface area (Å²) in [5, 5.41) is 8.18. The highest BCUT2D eigenvalue weighted by Gasteiger charge is 2.35. The van der Waals surface area contributed by atoms with Crippen molar-refractivity contribution in [3.8, 4) is 0 Å². The van der Waals surface area contributed by atoms with Gasteiger partial charge in [0.2, 0.25) is 21.9 Å². The van der Waals surface area contributed by atoms with E-state index in [0.29, 0.717) is 23.1 Å². The lowest BCUT2D eigenvalue weighted by Gasteiger charge is -2.17. The van der Waals surface area contributed by atoms with Gasteiger partial charge in [-0.15, -0.1) is 0 Å². The summed E-state index contributed by atoms with van der Waals surface area (Å²) in [5.41, 5.74) is 1.27. The Hall–Kier alpha value is -3.87. The second-order valence-electron chi connectivity index (χ2n) is 7.53. The van der Waals surface area contributed by atoms with E-state index in [9.17, 15) is 26.4 Å². The number of rotatable bonds is 7. The molecule has 0 saturated carbocycles. The molecular formula is C21H19F3N6O3S. The monoisotopic (exact) mass is 492 g/mol. The highest BCUT2D eigenvalue weighted by Crippen LogP contribution is 2.36. The van der Waals surface area contributed by atoms with Crippen LogP contribution in [0.25, 0.3) is 0 Å². The number of halogens is 3. The van der Waals surface area contributed by atoms with E-state index in [2.05, 4.69) is 30.6 Å². The zero-order valence-electron chi connectivity index (χ0n) is 17.7. The fourth-order valence-corrected chi connectivity index (χ4v) is 4.01. The van der Waals surface area contributed by atoms with Gasteiger partial charge in [-0.1, -0.05) is 30.3 Å². The summed E-state index contributed by atoms with van der Waals surface area (Å²) < 4.78 is 66.3. The highest BCUT2D eigenvalue weighted by atomic mass is 32.2. The Labute approximate surface area is 192 Å². The van der Waals surface area contributed by atoms with E-state index in [0.717, 1.165) is 11.8 Å². The number of hydrogen-bond acceptors (Lipinski definition) is 7. The second-order valence-corrected chi connectivity index (χ2v) is 9.28. The first-order valence-electron chi connectivity index (χ1n) is 9.92.